The molecule has 0 unspecified atom stereocenters. The van der Waals surface area contributed by atoms with Gasteiger partial charge in [0.25, 0.3) is 0 Å². The van der Waals surface area contributed by atoms with Gasteiger partial charge in [0, 0.05) is 31.0 Å². The fraction of sp³-hybridized carbons (Fsp3) is 0. The van der Waals surface area contributed by atoms with E-state index in [9.17, 15) is 4.79 Å². The molecule has 0 bridgehead atoms. The van der Waals surface area contributed by atoms with Gasteiger partial charge in [-0.15, -0.1) is 0 Å². The summed E-state index contributed by atoms with van der Waals surface area (Å²) >= 11 is 7.25. The van der Waals surface area contributed by atoms with Crippen LogP contribution in [-0.2, 0) is 0 Å². The molecule has 0 heterocycles. The fourth-order valence-electron chi connectivity index (χ4n) is 2.88. The molecule has 0 saturated carbocycles. The lowest BCUT2D eigenvalue weighted by atomic mass is 9.83. The molecule has 0 saturated heterocycles. The Kier molecular flexibility index (Phi) is 2.63. The van der Waals surface area contributed by atoms with Gasteiger partial charge in [0.1, 0.15) is 0 Å². The van der Waals surface area contributed by atoms with Crippen LogP contribution < -0.4 is 0 Å². The standard InChI is InChI=1S/C17H8Br2O/c18-13-8-9-4-3-7-12-14(9)15(16(13)19)10-5-1-2-6-11(10)17(12)20/h1-8H. The van der Waals surface area contributed by atoms with Crippen molar-refractivity contribution in [2.24, 2.45) is 0 Å². The molecule has 4 rings (SSSR count). The molecule has 3 aromatic carbocycles. The van der Waals surface area contributed by atoms with Crippen LogP contribution in [-0.4, -0.2) is 5.78 Å². The van der Waals surface area contributed by atoms with E-state index >= 15 is 0 Å². The Morgan fingerprint density at radius 2 is 1.50 bits per heavy atom. The molecule has 96 valence electrons. The molecular weight excluding hydrogens is 380 g/mol. The molecule has 0 N–H and O–H groups in total. The van der Waals surface area contributed by atoms with Gasteiger partial charge >= 0.3 is 0 Å². The summed E-state index contributed by atoms with van der Waals surface area (Å²) in [4.78, 5) is 12.7. The predicted octanol–water partition coefficient (Wildman–Crippen LogP) is 5.58. The van der Waals surface area contributed by atoms with Gasteiger partial charge in [-0.2, -0.15) is 0 Å². The summed E-state index contributed by atoms with van der Waals surface area (Å²) in [5, 5.41) is 2.11. The number of hydrogen-bond donors (Lipinski definition) is 0. The molecule has 20 heavy (non-hydrogen) atoms. The minimum Gasteiger partial charge on any atom is -0.289 e. The van der Waals surface area contributed by atoms with E-state index in [0.717, 1.165) is 42.0 Å². The first-order chi connectivity index (χ1) is 9.68. The fourth-order valence-corrected chi connectivity index (χ4v) is 3.86. The highest BCUT2D eigenvalue weighted by Gasteiger charge is 2.27. The van der Waals surface area contributed by atoms with Gasteiger partial charge in [-0.05, 0) is 48.9 Å². The van der Waals surface area contributed by atoms with Crippen molar-refractivity contribution < 1.29 is 4.79 Å². The Bertz CT molecular complexity index is 897. The second-order valence-electron chi connectivity index (χ2n) is 4.83. The summed E-state index contributed by atoms with van der Waals surface area (Å²) in [5.41, 5.74) is 3.64. The van der Waals surface area contributed by atoms with Crippen molar-refractivity contribution in [2.45, 2.75) is 0 Å². The van der Waals surface area contributed by atoms with Crippen LogP contribution in [0.1, 0.15) is 15.9 Å². The van der Waals surface area contributed by atoms with Crippen LogP contribution in [0, 0.1) is 0 Å². The van der Waals surface area contributed by atoms with Gasteiger partial charge in [0.15, 0.2) is 5.78 Å². The third-order valence-corrected chi connectivity index (χ3v) is 5.72. The molecule has 0 aliphatic heterocycles. The van der Waals surface area contributed by atoms with Gasteiger partial charge in [0.05, 0.1) is 0 Å². The van der Waals surface area contributed by atoms with Gasteiger partial charge < -0.3 is 0 Å². The summed E-state index contributed by atoms with van der Waals surface area (Å²) in [6.07, 6.45) is 0. The lowest BCUT2D eigenvalue weighted by Crippen LogP contribution is -2.10. The minimum atomic E-state index is 0.105. The quantitative estimate of drug-likeness (QED) is 0.385. The van der Waals surface area contributed by atoms with Gasteiger partial charge in [-0.1, -0.05) is 42.5 Å². The largest absolute Gasteiger partial charge is 0.289 e. The zero-order chi connectivity index (χ0) is 13.9. The molecule has 0 fully saturated rings. The molecule has 1 aliphatic carbocycles. The third kappa shape index (κ3) is 1.51. The van der Waals surface area contributed by atoms with E-state index in [-0.39, 0.29) is 5.78 Å². The molecule has 1 nitrogen and oxygen atoms in total. The smallest absolute Gasteiger partial charge is 0.194 e. The number of fused-ring (bicyclic) bond motifs is 2. The lowest BCUT2D eigenvalue weighted by molar-refractivity contribution is 0.104. The Labute approximate surface area is 132 Å². The first kappa shape index (κ1) is 12.3. The Morgan fingerprint density at radius 1 is 0.800 bits per heavy atom. The van der Waals surface area contributed by atoms with Crippen LogP contribution in [0.3, 0.4) is 0 Å². The van der Waals surface area contributed by atoms with Crippen molar-refractivity contribution in [1.82, 2.24) is 0 Å². The molecule has 0 spiro atoms. The Morgan fingerprint density at radius 3 is 2.30 bits per heavy atom. The van der Waals surface area contributed by atoms with Crippen LogP contribution in [0.4, 0.5) is 0 Å². The maximum Gasteiger partial charge on any atom is 0.194 e. The molecular formula is C17H8Br2O. The van der Waals surface area contributed by atoms with Gasteiger partial charge in [-0.3, -0.25) is 4.79 Å². The van der Waals surface area contributed by atoms with E-state index in [2.05, 4.69) is 31.9 Å². The Balaban J connectivity index is 2.32. The highest BCUT2D eigenvalue weighted by Crippen LogP contribution is 2.46. The van der Waals surface area contributed by atoms with E-state index in [0.29, 0.717) is 0 Å². The van der Waals surface area contributed by atoms with Crippen LogP contribution >= 0.6 is 31.9 Å². The third-order valence-electron chi connectivity index (χ3n) is 3.74. The summed E-state index contributed by atoms with van der Waals surface area (Å²) in [7, 11) is 0. The van der Waals surface area contributed by atoms with Crippen molar-refractivity contribution in [3.8, 4) is 11.1 Å². The number of halogens is 2. The number of carbonyl (C=O) groups excluding carboxylic acids is 1. The van der Waals surface area contributed by atoms with E-state index in [4.69, 9.17) is 0 Å². The van der Waals surface area contributed by atoms with Crippen LogP contribution in [0.15, 0.2) is 57.5 Å². The van der Waals surface area contributed by atoms with Crippen LogP contribution in [0.5, 0.6) is 0 Å². The van der Waals surface area contributed by atoms with Crippen molar-refractivity contribution in [3.05, 3.63) is 68.6 Å². The average molecular weight is 388 g/mol. The zero-order valence-corrected chi connectivity index (χ0v) is 13.5. The summed E-state index contributed by atoms with van der Waals surface area (Å²) in [6.45, 7) is 0. The number of ketones is 1. The maximum atomic E-state index is 12.7. The maximum absolute atomic E-state index is 12.7. The minimum absolute atomic E-state index is 0.105. The number of benzene rings is 3. The summed E-state index contributed by atoms with van der Waals surface area (Å²) < 4.78 is 2.00. The number of carbonyl (C=O) groups is 1. The molecule has 0 aromatic heterocycles. The monoisotopic (exact) mass is 386 g/mol. The van der Waals surface area contributed by atoms with Crippen molar-refractivity contribution in [2.75, 3.05) is 0 Å². The van der Waals surface area contributed by atoms with Crippen molar-refractivity contribution in [3.63, 3.8) is 0 Å². The molecule has 1 aliphatic rings. The lowest BCUT2D eigenvalue weighted by Gasteiger charge is -2.21. The Hall–Kier alpha value is -1.45. The molecule has 0 amide bonds. The second-order valence-corrected chi connectivity index (χ2v) is 6.47. The summed E-state index contributed by atoms with van der Waals surface area (Å²) in [6, 6.07) is 15.7. The molecule has 3 aromatic rings. The molecule has 3 heteroatoms. The zero-order valence-electron chi connectivity index (χ0n) is 10.3. The highest BCUT2D eigenvalue weighted by molar-refractivity contribution is 9.13. The number of hydrogen-bond acceptors (Lipinski definition) is 1. The van der Waals surface area contributed by atoms with Gasteiger partial charge in [-0.25, -0.2) is 0 Å². The van der Waals surface area contributed by atoms with E-state index in [1.807, 2.05) is 48.5 Å². The second kappa shape index (κ2) is 4.27. The normalized spacial score (nSPS) is 12.6. The molecule has 0 radical (unpaired) electrons. The first-order valence-electron chi connectivity index (χ1n) is 6.23. The van der Waals surface area contributed by atoms with E-state index in [1.54, 1.807) is 0 Å². The topological polar surface area (TPSA) is 17.1 Å². The molecule has 0 atom stereocenters. The number of rotatable bonds is 0. The van der Waals surface area contributed by atoms with Crippen LogP contribution in [0.2, 0.25) is 0 Å². The SMILES string of the molecule is O=C1c2ccccc2-c2c(Br)c(Br)cc3cccc1c23. The van der Waals surface area contributed by atoms with Crippen LogP contribution in [0.25, 0.3) is 21.9 Å². The van der Waals surface area contributed by atoms with E-state index < -0.39 is 0 Å². The highest BCUT2D eigenvalue weighted by atomic mass is 79.9. The van der Waals surface area contributed by atoms with Crippen molar-refractivity contribution >= 4 is 48.4 Å². The predicted molar refractivity (Wildman–Crippen MR) is 88.2 cm³/mol. The van der Waals surface area contributed by atoms with Crippen molar-refractivity contribution in [1.29, 1.82) is 0 Å². The summed E-state index contributed by atoms with van der Waals surface area (Å²) in [5.74, 6) is 0.105. The van der Waals surface area contributed by atoms with Gasteiger partial charge in [0.2, 0.25) is 0 Å². The van der Waals surface area contributed by atoms with E-state index in [1.165, 1.54) is 0 Å². The average Bonchev–Trinajstić information content (AvgIpc) is 2.47. The first-order valence-corrected chi connectivity index (χ1v) is 7.82.